The van der Waals surface area contributed by atoms with E-state index in [-0.39, 0.29) is 12.2 Å². The van der Waals surface area contributed by atoms with E-state index in [0.717, 1.165) is 0 Å². The Kier molecular flexibility index (Phi) is 4.34. The molecule has 0 bridgehead atoms. The Morgan fingerprint density at radius 3 is 2.73 bits per heavy atom. The Balaban J connectivity index is 2.79. The fourth-order valence-electron chi connectivity index (χ4n) is 0.961. The molecule has 82 valence electrons. The van der Waals surface area contributed by atoms with Gasteiger partial charge < -0.3 is 14.9 Å². The number of aliphatic hydroxyl groups is 1. The van der Waals surface area contributed by atoms with Crippen molar-refractivity contribution in [1.82, 2.24) is 0 Å². The number of aromatic carboxylic acids is 1. The van der Waals surface area contributed by atoms with Crippen molar-refractivity contribution in [3.05, 3.63) is 27.3 Å². The van der Waals surface area contributed by atoms with E-state index < -0.39 is 12.1 Å². The monoisotopic (exact) mass is 322 g/mol. The zero-order chi connectivity index (χ0) is 11.4. The molecule has 0 amide bonds. The van der Waals surface area contributed by atoms with Crippen molar-refractivity contribution >= 4 is 28.6 Å². The molecule has 0 aliphatic rings. The Labute approximate surface area is 101 Å². The van der Waals surface area contributed by atoms with Crippen LogP contribution in [0.1, 0.15) is 17.3 Å². The highest BCUT2D eigenvalue weighted by molar-refractivity contribution is 14.1. The molecule has 1 unspecified atom stereocenters. The number of hydrogen-bond donors (Lipinski definition) is 2. The van der Waals surface area contributed by atoms with Crippen molar-refractivity contribution in [3.8, 4) is 5.75 Å². The molecule has 2 N–H and O–H groups in total. The molecule has 5 heteroatoms. The molecule has 0 aliphatic carbocycles. The van der Waals surface area contributed by atoms with Crippen LogP contribution in [0, 0.1) is 3.57 Å². The average molecular weight is 322 g/mol. The van der Waals surface area contributed by atoms with Gasteiger partial charge in [0.25, 0.3) is 0 Å². The minimum absolute atomic E-state index is 0.197. The van der Waals surface area contributed by atoms with Crippen LogP contribution in [0.2, 0.25) is 0 Å². The van der Waals surface area contributed by atoms with Crippen LogP contribution in [0.5, 0.6) is 5.75 Å². The van der Waals surface area contributed by atoms with Gasteiger partial charge >= 0.3 is 5.97 Å². The average Bonchev–Trinajstić information content (AvgIpc) is 2.15. The number of hydrogen-bond acceptors (Lipinski definition) is 3. The molecule has 0 saturated heterocycles. The van der Waals surface area contributed by atoms with Crippen molar-refractivity contribution < 1.29 is 19.7 Å². The van der Waals surface area contributed by atoms with Crippen LogP contribution in [0.4, 0.5) is 0 Å². The minimum atomic E-state index is -0.963. The number of benzene rings is 1. The molecule has 0 aromatic heterocycles. The van der Waals surface area contributed by atoms with Gasteiger partial charge in [0.15, 0.2) is 0 Å². The van der Waals surface area contributed by atoms with Gasteiger partial charge in [0, 0.05) is 0 Å². The molecular formula is C10H11IO4. The SMILES string of the molecule is CC(O)COc1ccc(C(=O)O)cc1I. The second-order valence-corrected chi connectivity index (χ2v) is 4.27. The van der Waals surface area contributed by atoms with E-state index in [0.29, 0.717) is 9.32 Å². The molecule has 4 nitrogen and oxygen atoms in total. The lowest BCUT2D eigenvalue weighted by atomic mass is 10.2. The van der Waals surface area contributed by atoms with Crippen molar-refractivity contribution in [2.75, 3.05) is 6.61 Å². The highest BCUT2D eigenvalue weighted by atomic mass is 127. The highest BCUT2D eigenvalue weighted by Gasteiger charge is 2.08. The maximum Gasteiger partial charge on any atom is 0.335 e. The Hall–Kier alpha value is -0.820. The topological polar surface area (TPSA) is 66.8 Å². The van der Waals surface area contributed by atoms with Gasteiger partial charge in [-0.3, -0.25) is 0 Å². The van der Waals surface area contributed by atoms with Crippen LogP contribution in [0.3, 0.4) is 0 Å². The standard InChI is InChI=1S/C10H11IO4/c1-6(12)5-15-9-3-2-7(10(13)14)4-8(9)11/h2-4,6,12H,5H2,1H3,(H,13,14). The molecule has 1 aromatic carbocycles. The van der Waals surface area contributed by atoms with E-state index in [1.165, 1.54) is 12.1 Å². The second-order valence-electron chi connectivity index (χ2n) is 3.11. The Morgan fingerprint density at radius 1 is 1.60 bits per heavy atom. The van der Waals surface area contributed by atoms with Crippen molar-refractivity contribution in [3.63, 3.8) is 0 Å². The molecule has 1 aromatic rings. The summed E-state index contributed by atoms with van der Waals surface area (Å²) in [6.07, 6.45) is -0.542. The van der Waals surface area contributed by atoms with E-state index in [2.05, 4.69) is 0 Å². The number of halogens is 1. The lowest BCUT2D eigenvalue weighted by Crippen LogP contribution is -2.13. The molecule has 0 heterocycles. The summed E-state index contributed by atoms with van der Waals surface area (Å²) >= 11 is 2.00. The number of carboxylic acids is 1. The Bertz CT molecular complexity index is 362. The zero-order valence-electron chi connectivity index (χ0n) is 8.11. The number of ether oxygens (including phenoxy) is 1. The van der Waals surface area contributed by atoms with E-state index >= 15 is 0 Å². The first-order valence-electron chi connectivity index (χ1n) is 4.34. The summed E-state index contributed by atoms with van der Waals surface area (Å²) in [6, 6.07) is 4.59. The third-order valence-corrected chi connectivity index (χ3v) is 2.50. The summed E-state index contributed by atoms with van der Waals surface area (Å²) < 4.78 is 6.00. The summed E-state index contributed by atoms with van der Waals surface area (Å²) in [5.74, 6) is -0.378. The van der Waals surface area contributed by atoms with Gasteiger partial charge in [-0.2, -0.15) is 0 Å². The van der Waals surface area contributed by atoms with E-state index in [9.17, 15) is 4.79 Å². The summed E-state index contributed by atoms with van der Waals surface area (Å²) in [4.78, 5) is 10.6. The first-order chi connectivity index (χ1) is 7.00. The molecule has 1 rings (SSSR count). The van der Waals surface area contributed by atoms with Gasteiger partial charge in [-0.05, 0) is 47.7 Å². The van der Waals surface area contributed by atoms with Crippen LogP contribution in [0.15, 0.2) is 18.2 Å². The first-order valence-corrected chi connectivity index (χ1v) is 5.42. The number of carboxylic acid groups (broad SMARTS) is 1. The smallest absolute Gasteiger partial charge is 0.335 e. The van der Waals surface area contributed by atoms with Gasteiger partial charge in [0.2, 0.25) is 0 Å². The number of carbonyl (C=O) groups is 1. The highest BCUT2D eigenvalue weighted by Crippen LogP contribution is 2.22. The van der Waals surface area contributed by atoms with Crippen LogP contribution in [-0.2, 0) is 0 Å². The summed E-state index contributed by atoms with van der Waals surface area (Å²) in [5.41, 5.74) is 0.226. The third kappa shape index (κ3) is 3.67. The van der Waals surface area contributed by atoms with Crippen LogP contribution < -0.4 is 4.74 Å². The molecule has 0 saturated carbocycles. The van der Waals surface area contributed by atoms with Gasteiger partial charge in [-0.1, -0.05) is 0 Å². The van der Waals surface area contributed by atoms with Gasteiger partial charge in [-0.15, -0.1) is 0 Å². The fourth-order valence-corrected chi connectivity index (χ4v) is 1.63. The van der Waals surface area contributed by atoms with Crippen LogP contribution >= 0.6 is 22.6 Å². The number of rotatable bonds is 4. The lowest BCUT2D eigenvalue weighted by Gasteiger charge is -2.10. The maximum atomic E-state index is 10.6. The van der Waals surface area contributed by atoms with E-state index in [1.807, 2.05) is 22.6 Å². The van der Waals surface area contributed by atoms with Crippen molar-refractivity contribution in [2.24, 2.45) is 0 Å². The van der Waals surface area contributed by atoms with E-state index in [1.54, 1.807) is 13.0 Å². The fraction of sp³-hybridized carbons (Fsp3) is 0.300. The summed E-state index contributed by atoms with van der Waals surface area (Å²) in [7, 11) is 0. The molecule has 1 atom stereocenters. The van der Waals surface area contributed by atoms with Crippen molar-refractivity contribution in [2.45, 2.75) is 13.0 Å². The van der Waals surface area contributed by atoms with Crippen LogP contribution in [0.25, 0.3) is 0 Å². The lowest BCUT2D eigenvalue weighted by molar-refractivity contribution is 0.0696. The molecule has 0 aliphatic heterocycles. The minimum Gasteiger partial charge on any atom is -0.490 e. The summed E-state index contributed by atoms with van der Waals surface area (Å²) in [5, 5.41) is 17.8. The third-order valence-electron chi connectivity index (χ3n) is 1.66. The largest absolute Gasteiger partial charge is 0.490 e. The quantitative estimate of drug-likeness (QED) is 0.829. The van der Waals surface area contributed by atoms with Gasteiger partial charge in [0.1, 0.15) is 12.4 Å². The normalized spacial score (nSPS) is 12.2. The number of aliphatic hydroxyl groups excluding tert-OH is 1. The van der Waals surface area contributed by atoms with E-state index in [4.69, 9.17) is 14.9 Å². The second kappa shape index (κ2) is 5.32. The summed E-state index contributed by atoms with van der Waals surface area (Å²) in [6.45, 7) is 1.82. The Morgan fingerprint density at radius 2 is 2.27 bits per heavy atom. The molecule has 0 radical (unpaired) electrons. The van der Waals surface area contributed by atoms with Gasteiger partial charge in [0.05, 0.1) is 15.2 Å². The van der Waals surface area contributed by atoms with Gasteiger partial charge in [-0.25, -0.2) is 4.79 Å². The first kappa shape index (κ1) is 12.3. The zero-order valence-corrected chi connectivity index (χ0v) is 10.3. The van der Waals surface area contributed by atoms with Crippen molar-refractivity contribution in [1.29, 1.82) is 0 Å². The predicted octanol–water partition coefficient (Wildman–Crippen LogP) is 1.75. The molecule has 0 fully saturated rings. The van der Waals surface area contributed by atoms with Crippen LogP contribution in [-0.4, -0.2) is 28.9 Å². The molecule has 0 spiro atoms. The predicted molar refractivity (Wildman–Crippen MR) is 63.3 cm³/mol. The molecular weight excluding hydrogens is 311 g/mol. The molecule has 15 heavy (non-hydrogen) atoms. The maximum absolute atomic E-state index is 10.6.